The summed E-state index contributed by atoms with van der Waals surface area (Å²) in [6, 6.07) is 11.9. The highest BCUT2D eigenvalue weighted by Gasteiger charge is 2.20. The highest BCUT2D eigenvalue weighted by molar-refractivity contribution is 5.82. The minimum atomic E-state index is -0.356. The zero-order valence-corrected chi connectivity index (χ0v) is 16.4. The number of ether oxygens (including phenoxy) is 2. The molecule has 0 spiro atoms. The number of rotatable bonds is 3. The van der Waals surface area contributed by atoms with Crippen molar-refractivity contribution in [3.8, 4) is 22.6 Å². The molecule has 1 fully saturated rings. The van der Waals surface area contributed by atoms with Crippen molar-refractivity contribution in [3.63, 3.8) is 0 Å². The molecule has 3 aromatic rings. The monoisotopic (exact) mass is 394 g/mol. The van der Waals surface area contributed by atoms with Crippen molar-refractivity contribution >= 4 is 17.1 Å². The molecular formula is C22H22N2O5. The molecule has 4 rings (SSSR count). The fourth-order valence-electron chi connectivity index (χ4n) is 3.29. The second kappa shape index (κ2) is 7.97. The summed E-state index contributed by atoms with van der Waals surface area (Å²) in [6.45, 7) is 2.96. The predicted octanol–water partition coefficient (Wildman–Crippen LogP) is 3.21. The molecule has 2 aromatic carbocycles. The summed E-state index contributed by atoms with van der Waals surface area (Å²) in [7, 11) is 3.59. The summed E-state index contributed by atoms with van der Waals surface area (Å²) in [4.78, 5) is 29.0. The molecule has 0 unspecified atom stereocenters. The van der Waals surface area contributed by atoms with Gasteiger partial charge in [-0.2, -0.15) is 0 Å². The fourth-order valence-corrected chi connectivity index (χ4v) is 3.29. The SMILES string of the molecule is COc1ccc2c(=O)c(-c3ccc(OC(=O)N4CCN(C)CC4)cc3)coc2c1. The van der Waals surface area contributed by atoms with E-state index in [9.17, 15) is 9.59 Å². The van der Waals surface area contributed by atoms with Gasteiger partial charge in [-0.1, -0.05) is 12.1 Å². The van der Waals surface area contributed by atoms with Crippen LogP contribution in [0.2, 0.25) is 0 Å². The van der Waals surface area contributed by atoms with E-state index in [-0.39, 0.29) is 11.5 Å². The number of carbonyl (C=O) groups is 1. The molecule has 0 radical (unpaired) electrons. The molecule has 0 bridgehead atoms. The summed E-state index contributed by atoms with van der Waals surface area (Å²) >= 11 is 0. The van der Waals surface area contributed by atoms with Gasteiger partial charge in [0.15, 0.2) is 5.43 Å². The first-order valence-corrected chi connectivity index (χ1v) is 9.40. The molecule has 7 nitrogen and oxygen atoms in total. The van der Waals surface area contributed by atoms with Crippen LogP contribution in [0.5, 0.6) is 11.5 Å². The van der Waals surface area contributed by atoms with Crippen LogP contribution in [0.4, 0.5) is 4.79 Å². The van der Waals surface area contributed by atoms with Crippen LogP contribution in [0, 0.1) is 0 Å². The molecule has 0 N–H and O–H groups in total. The van der Waals surface area contributed by atoms with Crippen molar-refractivity contribution in [1.29, 1.82) is 0 Å². The molecular weight excluding hydrogens is 372 g/mol. The number of methoxy groups -OCH3 is 1. The average molecular weight is 394 g/mol. The van der Waals surface area contributed by atoms with E-state index in [2.05, 4.69) is 4.90 Å². The Kier molecular flexibility index (Phi) is 5.22. The van der Waals surface area contributed by atoms with Crippen LogP contribution in [0.1, 0.15) is 0 Å². The van der Waals surface area contributed by atoms with Gasteiger partial charge in [0.2, 0.25) is 0 Å². The van der Waals surface area contributed by atoms with Gasteiger partial charge in [-0.25, -0.2) is 4.79 Å². The number of carbonyl (C=O) groups excluding carboxylic acids is 1. The smallest absolute Gasteiger partial charge is 0.415 e. The highest BCUT2D eigenvalue weighted by Crippen LogP contribution is 2.24. The number of hydrogen-bond acceptors (Lipinski definition) is 6. The van der Waals surface area contributed by atoms with Crippen molar-refractivity contribution in [2.45, 2.75) is 0 Å². The van der Waals surface area contributed by atoms with Crippen molar-refractivity contribution in [2.24, 2.45) is 0 Å². The van der Waals surface area contributed by atoms with Crippen LogP contribution in [0.15, 0.2) is 57.9 Å². The van der Waals surface area contributed by atoms with Crippen LogP contribution < -0.4 is 14.9 Å². The topological polar surface area (TPSA) is 72.2 Å². The fraction of sp³-hybridized carbons (Fsp3) is 0.273. The standard InChI is InChI=1S/C22H22N2O5/c1-23-9-11-24(12-10-23)22(26)29-16-5-3-15(4-6-16)19-14-28-20-13-17(27-2)7-8-18(20)21(19)25/h3-8,13-14H,9-12H2,1-2H3. The molecule has 1 saturated heterocycles. The average Bonchev–Trinajstić information content (AvgIpc) is 2.75. The van der Waals surface area contributed by atoms with Gasteiger partial charge in [0, 0.05) is 32.2 Å². The molecule has 1 aromatic heterocycles. The van der Waals surface area contributed by atoms with E-state index in [1.807, 2.05) is 7.05 Å². The Labute approximate surface area is 168 Å². The van der Waals surface area contributed by atoms with Crippen LogP contribution in [-0.2, 0) is 0 Å². The van der Waals surface area contributed by atoms with E-state index in [1.54, 1.807) is 54.5 Å². The van der Waals surface area contributed by atoms with Gasteiger partial charge in [0.1, 0.15) is 23.3 Å². The summed E-state index contributed by atoms with van der Waals surface area (Å²) < 4.78 is 16.2. The summed E-state index contributed by atoms with van der Waals surface area (Å²) in [5.41, 5.74) is 1.47. The minimum absolute atomic E-state index is 0.129. The summed E-state index contributed by atoms with van der Waals surface area (Å²) in [5, 5.41) is 0.480. The zero-order valence-electron chi connectivity index (χ0n) is 16.4. The summed E-state index contributed by atoms with van der Waals surface area (Å²) in [5.74, 6) is 1.06. The van der Waals surface area contributed by atoms with Gasteiger partial charge in [-0.15, -0.1) is 0 Å². The Bertz CT molecular complexity index is 1080. The van der Waals surface area contributed by atoms with Crippen molar-refractivity contribution in [1.82, 2.24) is 9.80 Å². The van der Waals surface area contributed by atoms with E-state index in [0.29, 0.717) is 46.7 Å². The number of likely N-dealkylation sites (N-methyl/N-ethyl adjacent to an activating group) is 1. The largest absolute Gasteiger partial charge is 0.497 e. The number of fused-ring (bicyclic) bond motifs is 1. The molecule has 1 aliphatic rings. The van der Waals surface area contributed by atoms with Gasteiger partial charge in [-0.05, 0) is 36.9 Å². The molecule has 29 heavy (non-hydrogen) atoms. The molecule has 7 heteroatoms. The summed E-state index contributed by atoms with van der Waals surface area (Å²) in [6.07, 6.45) is 1.08. The van der Waals surface area contributed by atoms with Gasteiger partial charge in [0.05, 0.1) is 18.1 Å². The quantitative estimate of drug-likeness (QED) is 0.679. The molecule has 1 aliphatic heterocycles. The van der Waals surface area contributed by atoms with E-state index >= 15 is 0 Å². The van der Waals surface area contributed by atoms with Gasteiger partial charge < -0.3 is 23.7 Å². The Morgan fingerprint density at radius 3 is 2.38 bits per heavy atom. The Morgan fingerprint density at radius 2 is 1.69 bits per heavy atom. The van der Waals surface area contributed by atoms with Crippen molar-refractivity contribution in [3.05, 3.63) is 59.0 Å². The number of nitrogens with zero attached hydrogens (tertiary/aromatic N) is 2. The van der Waals surface area contributed by atoms with Crippen LogP contribution in [0.3, 0.4) is 0 Å². The van der Waals surface area contributed by atoms with E-state index in [0.717, 1.165) is 13.1 Å². The molecule has 0 saturated carbocycles. The third-order valence-electron chi connectivity index (χ3n) is 5.11. The predicted molar refractivity (Wildman–Crippen MR) is 110 cm³/mol. The maximum absolute atomic E-state index is 12.8. The molecule has 150 valence electrons. The first-order chi connectivity index (χ1) is 14.0. The maximum Gasteiger partial charge on any atom is 0.415 e. The number of hydrogen-bond donors (Lipinski definition) is 0. The van der Waals surface area contributed by atoms with Crippen LogP contribution in [0.25, 0.3) is 22.1 Å². The highest BCUT2D eigenvalue weighted by atomic mass is 16.6. The Hall–Kier alpha value is -3.32. The van der Waals surface area contributed by atoms with E-state index in [4.69, 9.17) is 13.9 Å². The number of amides is 1. The lowest BCUT2D eigenvalue weighted by Gasteiger charge is -2.31. The first kappa shape index (κ1) is 19.0. The minimum Gasteiger partial charge on any atom is -0.497 e. The van der Waals surface area contributed by atoms with Crippen molar-refractivity contribution in [2.75, 3.05) is 40.3 Å². The number of piperazine rings is 1. The normalized spacial score (nSPS) is 14.8. The van der Waals surface area contributed by atoms with E-state index < -0.39 is 0 Å². The second-order valence-corrected chi connectivity index (χ2v) is 7.02. The molecule has 0 aliphatic carbocycles. The lowest BCUT2D eigenvalue weighted by molar-refractivity contribution is 0.120. The second-order valence-electron chi connectivity index (χ2n) is 7.02. The lowest BCUT2D eigenvalue weighted by atomic mass is 10.1. The lowest BCUT2D eigenvalue weighted by Crippen LogP contribution is -2.48. The molecule has 2 heterocycles. The molecule has 1 amide bonds. The molecule has 0 atom stereocenters. The Balaban J connectivity index is 1.52. The number of benzene rings is 2. The van der Waals surface area contributed by atoms with Crippen molar-refractivity contribution < 1.29 is 18.7 Å². The van der Waals surface area contributed by atoms with Gasteiger partial charge in [0.25, 0.3) is 0 Å². The van der Waals surface area contributed by atoms with Crippen LogP contribution >= 0.6 is 0 Å². The zero-order chi connectivity index (χ0) is 20.4. The van der Waals surface area contributed by atoms with Gasteiger partial charge in [-0.3, -0.25) is 4.79 Å². The van der Waals surface area contributed by atoms with Crippen LogP contribution in [-0.4, -0.2) is 56.2 Å². The third kappa shape index (κ3) is 3.95. The maximum atomic E-state index is 12.8. The van der Waals surface area contributed by atoms with E-state index in [1.165, 1.54) is 6.26 Å². The Morgan fingerprint density at radius 1 is 1.00 bits per heavy atom. The first-order valence-electron chi connectivity index (χ1n) is 9.40. The third-order valence-corrected chi connectivity index (χ3v) is 5.11. The van der Waals surface area contributed by atoms with Gasteiger partial charge >= 0.3 is 6.09 Å².